The van der Waals surface area contributed by atoms with Gasteiger partial charge in [0.05, 0.1) is 0 Å². The number of hydrogen-bond donors (Lipinski definition) is 1. The Morgan fingerprint density at radius 1 is 0.800 bits per heavy atom. The summed E-state index contributed by atoms with van der Waals surface area (Å²) in [6, 6.07) is 0. The van der Waals surface area contributed by atoms with Crippen molar-refractivity contribution < 1.29 is 0 Å². The molecule has 0 radical (unpaired) electrons. The zero-order chi connectivity index (χ0) is 16.9. The third-order valence-corrected chi connectivity index (χ3v) is 5.50. The van der Waals surface area contributed by atoms with Gasteiger partial charge in [0.2, 0.25) is 17.8 Å². The van der Waals surface area contributed by atoms with Crippen LogP contribution in [0.2, 0.25) is 0 Å². The minimum absolute atomic E-state index is 0.746. The van der Waals surface area contributed by atoms with E-state index in [0.717, 1.165) is 57.0 Å². The Morgan fingerprint density at radius 3 is 2.00 bits per heavy atom. The molecule has 3 aliphatic rings. The number of hydrogen-bond acceptors (Lipinski definition) is 6. The molecule has 0 saturated carbocycles. The second-order valence-electron chi connectivity index (χ2n) is 7.43. The highest BCUT2D eigenvalue weighted by Crippen LogP contribution is 2.23. The summed E-state index contributed by atoms with van der Waals surface area (Å²) in [5.41, 5.74) is 1.59. The minimum Gasteiger partial charge on any atom is -0.354 e. The van der Waals surface area contributed by atoms with Crippen LogP contribution in [0.25, 0.3) is 0 Å². The van der Waals surface area contributed by atoms with E-state index < -0.39 is 0 Å². The van der Waals surface area contributed by atoms with Crippen LogP contribution < -0.4 is 15.1 Å². The van der Waals surface area contributed by atoms with Gasteiger partial charge in [0, 0.05) is 32.7 Å². The Balaban J connectivity index is 1.45. The third-order valence-electron chi connectivity index (χ3n) is 5.50. The molecule has 0 unspecified atom stereocenters. The van der Waals surface area contributed by atoms with Gasteiger partial charge in [0.25, 0.3) is 0 Å². The molecule has 2 saturated heterocycles. The van der Waals surface area contributed by atoms with Gasteiger partial charge < -0.3 is 15.1 Å². The van der Waals surface area contributed by atoms with Crippen LogP contribution in [-0.2, 0) is 0 Å². The van der Waals surface area contributed by atoms with E-state index >= 15 is 0 Å². The van der Waals surface area contributed by atoms with Gasteiger partial charge in [0.1, 0.15) is 0 Å². The van der Waals surface area contributed by atoms with Crippen molar-refractivity contribution in [2.45, 2.75) is 57.8 Å². The van der Waals surface area contributed by atoms with E-state index in [2.05, 4.69) is 21.2 Å². The van der Waals surface area contributed by atoms with Crippen molar-refractivity contribution in [2.75, 3.05) is 47.8 Å². The zero-order valence-electron chi connectivity index (χ0n) is 15.2. The van der Waals surface area contributed by atoms with Crippen molar-refractivity contribution in [3.8, 4) is 0 Å². The van der Waals surface area contributed by atoms with Crippen molar-refractivity contribution in [1.29, 1.82) is 0 Å². The summed E-state index contributed by atoms with van der Waals surface area (Å²) in [5, 5.41) is 3.46. The lowest BCUT2D eigenvalue weighted by Crippen LogP contribution is -2.26. The molecule has 1 N–H and O–H groups in total. The number of nitrogens with zero attached hydrogens (tertiary/aromatic N) is 5. The van der Waals surface area contributed by atoms with E-state index in [9.17, 15) is 0 Å². The van der Waals surface area contributed by atoms with Gasteiger partial charge in [0.15, 0.2) is 0 Å². The molecule has 136 valence electrons. The number of allylic oxidation sites excluding steroid dienone is 1. The summed E-state index contributed by atoms with van der Waals surface area (Å²) in [5.74, 6) is 2.46. The minimum atomic E-state index is 0.746. The Morgan fingerprint density at radius 2 is 1.44 bits per heavy atom. The summed E-state index contributed by atoms with van der Waals surface area (Å²) in [4.78, 5) is 18.8. The Bertz CT molecular complexity index is 568. The monoisotopic (exact) mass is 342 g/mol. The molecule has 1 aromatic heterocycles. The number of rotatable bonds is 6. The third kappa shape index (κ3) is 4.22. The van der Waals surface area contributed by atoms with E-state index in [1.54, 1.807) is 5.57 Å². The molecule has 0 amide bonds. The first-order valence-electron chi connectivity index (χ1n) is 10.1. The number of aromatic nitrogens is 3. The van der Waals surface area contributed by atoms with E-state index in [-0.39, 0.29) is 0 Å². The maximum atomic E-state index is 4.77. The topological polar surface area (TPSA) is 57.2 Å². The summed E-state index contributed by atoms with van der Waals surface area (Å²) < 4.78 is 0. The lowest BCUT2D eigenvalue weighted by molar-refractivity contribution is 0.679. The maximum Gasteiger partial charge on any atom is 0.231 e. The van der Waals surface area contributed by atoms with Gasteiger partial charge in [-0.1, -0.05) is 11.6 Å². The van der Waals surface area contributed by atoms with E-state index in [1.807, 2.05) is 0 Å². The summed E-state index contributed by atoms with van der Waals surface area (Å²) in [6.07, 6.45) is 13.7. The summed E-state index contributed by atoms with van der Waals surface area (Å²) in [7, 11) is 0. The fourth-order valence-electron chi connectivity index (χ4n) is 4.02. The summed E-state index contributed by atoms with van der Waals surface area (Å²) >= 11 is 0. The first-order valence-corrected chi connectivity index (χ1v) is 10.1. The van der Waals surface area contributed by atoms with Crippen LogP contribution in [0, 0.1) is 0 Å². The van der Waals surface area contributed by atoms with Crippen LogP contribution in [0.4, 0.5) is 17.8 Å². The molecular weight excluding hydrogens is 312 g/mol. The van der Waals surface area contributed by atoms with Crippen LogP contribution in [-0.4, -0.2) is 47.7 Å². The highest BCUT2D eigenvalue weighted by molar-refractivity contribution is 5.46. The second kappa shape index (κ2) is 8.02. The van der Waals surface area contributed by atoms with E-state index in [1.165, 1.54) is 51.4 Å². The predicted octanol–water partition coefficient (Wildman–Crippen LogP) is 3.37. The molecule has 1 aromatic rings. The van der Waals surface area contributed by atoms with Crippen molar-refractivity contribution in [3.05, 3.63) is 11.6 Å². The van der Waals surface area contributed by atoms with Gasteiger partial charge in [-0.05, 0) is 57.8 Å². The molecule has 3 heterocycles. The van der Waals surface area contributed by atoms with Crippen LogP contribution in [0.5, 0.6) is 0 Å². The average molecular weight is 342 g/mol. The molecule has 4 rings (SSSR count). The molecule has 0 atom stereocenters. The van der Waals surface area contributed by atoms with Crippen molar-refractivity contribution in [2.24, 2.45) is 0 Å². The fraction of sp³-hybridized carbons (Fsp3) is 0.737. The van der Waals surface area contributed by atoms with E-state index in [4.69, 9.17) is 15.0 Å². The van der Waals surface area contributed by atoms with Crippen LogP contribution >= 0.6 is 0 Å². The van der Waals surface area contributed by atoms with Gasteiger partial charge in [-0.25, -0.2) is 0 Å². The van der Waals surface area contributed by atoms with Crippen molar-refractivity contribution in [3.63, 3.8) is 0 Å². The first kappa shape index (κ1) is 16.6. The van der Waals surface area contributed by atoms with Gasteiger partial charge in [-0.15, -0.1) is 0 Å². The lowest BCUT2D eigenvalue weighted by Gasteiger charge is -2.21. The summed E-state index contributed by atoms with van der Waals surface area (Å²) in [6.45, 7) is 5.17. The fourth-order valence-corrected chi connectivity index (χ4v) is 4.02. The molecule has 2 aliphatic heterocycles. The SMILES string of the molecule is C1=C(CCNc2nc(N3CCCC3)nc(N3CCCC3)n2)CCCC1. The first-order chi connectivity index (χ1) is 12.4. The second-order valence-corrected chi connectivity index (χ2v) is 7.43. The Labute approximate surface area is 150 Å². The molecular formula is C19H30N6. The predicted molar refractivity (Wildman–Crippen MR) is 102 cm³/mol. The van der Waals surface area contributed by atoms with Crippen LogP contribution in [0.15, 0.2) is 11.6 Å². The molecule has 0 spiro atoms. The van der Waals surface area contributed by atoms with Crippen LogP contribution in [0.3, 0.4) is 0 Å². The normalized spacial score (nSPS) is 20.9. The molecule has 25 heavy (non-hydrogen) atoms. The van der Waals surface area contributed by atoms with E-state index in [0.29, 0.717) is 0 Å². The van der Waals surface area contributed by atoms with Crippen molar-refractivity contribution in [1.82, 2.24) is 15.0 Å². The highest BCUT2D eigenvalue weighted by atomic mass is 15.4. The average Bonchev–Trinajstić information content (AvgIpc) is 3.36. The van der Waals surface area contributed by atoms with Gasteiger partial charge >= 0.3 is 0 Å². The zero-order valence-corrected chi connectivity index (χ0v) is 15.2. The smallest absolute Gasteiger partial charge is 0.231 e. The number of nitrogens with one attached hydrogen (secondary N) is 1. The maximum absolute atomic E-state index is 4.77. The van der Waals surface area contributed by atoms with Gasteiger partial charge in [-0.3, -0.25) is 0 Å². The number of anilines is 3. The molecule has 0 bridgehead atoms. The molecule has 2 fully saturated rings. The molecule has 6 heteroatoms. The standard InChI is InChI=1S/C19H30N6/c1-2-8-16(9-3-1)10-11-20-17-21-18(24-12-4-5-13-24)23-19(22-17)25-14-6-7-15-25/h8H,1-7,9-15H2,(H,20,21,22,23). The largest absolute Gasteiger partial charge is 0.354 e. The highest BCUT2D eigenvalue weighted by Gasteiger charge is 2.21. The molecule has 6 nitrogen and oxygen atoms in total. The van der Waals surface area contributed by atoms with Gasteiger partial charge in [-0.2, -0.15) is 15.0 Å². The molecule has 1 aliphatic carbocycles. The molecule has 0 aromatic carbocycles. The van der Waals surface area contributed by atoms with Crippen LogP contribution in [0.1, 0.15) is 57.8 Å². The van der Waals surface area contributed by atoms with Crippen molar-refractivity contribution >= 4 is 17.8 Å². The Kier molecular flexibility index (Phi) is 5.33. The lowest BCUT2D eigenvalue weighted by atomic mass is 9.97. The quantitative estimate of drug-likeness (QED) is 0.800. The Hall–Kier alpha value is -1.85.